The van der Waals surface area contributed by atoms with E-state index in [4.69, 9.17) is 0 Å². The standard InChI is InChI=1S/C31H42F3NO3S/c1-35(21-11-23-39(37,38)22-10-19-31(32,33)34)20-8-3-2-7-15-30-28(25-12-5-4-6-13-25)16-9-14-26-24-27(36)17-18-29(26)30/h4-6,12-13,17-18,24,36H,2-3,7-11,14-16,19-23H2,1H3. The molecule has 1 N–H and O–H groups in total. The summed E-state index contributed by atoms with van der Waals surface area (Å²) in [5.74, 6) is -0.142. The lowest BCUT2D eigenvalue weighted by Crippen LogP contribution is -2.24. The van der Waals surface area contributed by atoms with Crippen molar-refractivity contribution in [2.75, 3.05) is 31.6 Å². The molecule has 2 aromatic rings. The molecule has 0 saturated heterocycles. The maximum atomic E-state index is 12.2. The van der Waals surface area contributed by atoms with Crippen LogP contribution < -0.4 is 0 Å². The number of aromatic hydroxyl groups is 1. The minimum Gasteiger partial charge on any atom is -0.508 e. The fourth-order valence-electron chi connectivity index (χ4n) is 5.39. The maximum Gasteiger partial charge on any atom is 0.389 e. The predicted octanol–water partition coefficient (Wildman–Crippen LogP) is 7.67. The van der Waals surface area contributed by atoms with E-state index in [2.05, 4.69) is 35.2 Å². The second kappa shape index (κ2) is 14.9. The van der Waals surface area contributed by atoms with E-state index in [0.29, 0.717) is 18.7 Å². The Bertz CT molecular complexity index is 1180. The van der Waals surface area contributed by atoms with Gasteiger partial charge in [0.05, 0.1) is 11.5 Å². The summed E-state index contributed by atoms with van der Waals surface area (Å²) in [6, 6.07) is 16.4. The number of hydrogen-bond donors (Lipinski definition) is 1. The monoisotopic (exact) mass is 565 g/mol. The Kier molecular flexibility index (Phi) is 11.9. The maximum absolute atomic E-state index is 12.2. The van der Waals surface area contributed by atoms with Gasteiger partial charge >= 0.3 is 6.18 Å². The molecule has 3 rings (SSSR count). The van der Waals surface area contributed by atoms with E-state index in [0.717, 1.165) is 57.9 Å². The molecular weight excluding hydrogens is 523 g/mol. The number of allylic oxidation sites excluding steroid dienone is 2. The van der Waals surface area contributed by atoms with Crippen LogP contribution in [0.15, 0.2) is 48.5 Å². The van der Waals surface area contributed by atoms with Gasteiger partial charge in [-0.1, -0.05) is 49.2 Å². The van der Waals surface area contributed by atoms with Crippen LogP contribution in [0.1, 0.15) is 80.9 Å². The molecule has 0 radical (unpaired) electrons. The number of phenolic OH excluding ortho intramolecular Hbond substituents is 1. The average Bonchev–Trinajstić information content (AvgIpc) is 3.04. The number of fused-ring (bicyclic) bond motifs is 1. The molecule has 0 fully saturated rings. The van der Waals surface area contributed by atoms with E-state index >= 15 is 0 Å². The van der Waals surface area contributed by atoms with Crippen molar-refractivity contribution in [3.63, 3.8) is 0 Å². The number of hydrogen-bond acceptors (Lipinski definition) is 4. The number of alkyl halides is 3. The summed E-state index contributed by atoms with van der Waals surface area (Å²) < 4.78 is 60.7. The fraction of sp³-hybridized carbons (Fsp3) is 0.548. The number of nitrogens with zero attached hydrogens (tertiary/aromatic N) is 1. The van der Waals surface area contributed by atoms with Gasteiger partial charge in [-0.3, -0.25) is 0 Å². The largest absolute Gasteiger partial charge is 0.508 e. The van der Waals surface area contributed by atoms with Crippen molar-refractivity contribution in [3.05, 3.63) is 65.2 Å². The zero-order valence-electron chi connectivity index (χ0n) is 23.0. The predicted molar refractivity (Wildman–Crippen MR) is 153 cm³/mol. The normalized spacial score (nSPS) is 14.5. The Morgan fingerprint density at radius 3 is 2.31 bits per heavy atom. The topological polar surface area (TPSA) is 57.6 Å². The van der Waals surface area contributed by atoms with E-state index in [1.165, 1.54) is 27.8 Å². The first-order chi connectivity index (χ1) is 18.5. The van der Waals surface area contributed by atoms with Crippen molar-refractivity contribution < 1.29 is 26.7 Å². The van der Waals surface area contributed by atoms with Crippen molar-refractivity contribution in [1.82, 2.24) is 4.90 Å². The van der Waals surface area contributed by atoms with Gasteiger partial charge in [0.15, 0.2) is 0 Å². The van der Waals surface area contributed by atoms with Gasteiger partial charge in [-0.25, -0.2) is 8.42 Å². The highest BCUT2D eigenvalue weighted by atomic mass is 32.2. The molecule has 39 heavy (non-hydrogen) atoms. The van der Waals surface area contributed by atoms with Crippen molar-refractivity contribution >= 4 is 21.0 Å². The van der Waals surface area contributed by atoms with Crippen molar-refractivity contribution in [3.8, 4) is 5.75 Å². The van der Waals surface area contributed by atoms with Gasteiger partial charge in [-0.15, -0.1) is 0 Å². The number of halogens is 3. The van der Waals surface area contributed by atoms with Crippen LogP contribution in [0.2, 0.25) is 0 Å². The SMILES string of the molecule is CN(CCCCCCC1=C(c2ccccc2)CCCc2cc(O)ccc21)CCCS(=O)(=O)CCCC(F)(F)F. The molecule has 216 valence electrons. The van der Waals surface area contributed by atoms with Crippen LogP contribution in [-0.4, -0.2) is 56.2 Å². The molecule has 0 aliphatic heterocycles. The van der Waals surface area contributed by atoms with E-state index in [1.54, 1.807) is 6.07 Å². The summed E-state index contributed by atoms with van der Waals surface area (Å²) in [5, 5.41) is 10.0. The first-order valence-electron chi connectivity index (χ1n) is 14.1. The Hall–Kier alpha value is -2.32. The molecule has 1 aliphatic carbocycles. The highest BCUT2D eigenvalue weighted by Gasteiger charge is 2.27. The Morgan fingerprint density at radius 2 is 1.56 bits per heavy atom. The molecular formula is C31H42F3NO3S. The zero-order valence-corrected chi connectivity index (χ0v) is 23.8. The van der Waals surface area contributed by atoms with Crippen LogP contribution in [0.5, 0.6) is 5.75 Å². The van der Waals surface area contributed by atoms with Gasteiger partial charge in [0.2, 0.25) is 0 Å². The minimum atomic E-state index is -4.30. The van der Waals surface area contributed by atoms with Crippen molar-refractivity contribution in [1.29, 1.82) is 0 Å². The highest BCUT2D eigenvalue weighted by Crippen LogP contribution is 2.39. The van der Waals surface area contributed by atoms with Gasteiger partial charge in [-0.05, 0) is 111 Å². The third-order valence-electron chi connectivity index (χ3n) is 7.40. The molecule has 0 aromatic heterocycles. The molecule has 0 amide bonds. The summed E-state index contributed by atoms with van der Waals surface area (Å²) in [6.07, 6.45) is 3.04. The molecule has 0 atom stereocenters. The number of unbranched alkanes of at least 4 members (excludes halogenated alkanes) is 3. The van der Waals surface area contributed by atoms with Crippen LogP contribution in [0.4, 0.5) is 13.2 Å². The van der Waals surface area contributed by atoms with Crippen LogP contribution in [0.25, 0.3) is 11.1 Å². The third-order valence-corrected chi connectivity index (χ3v) is 9.22. The Balaban J connectivity index is 1.43. The number of benzene rings is 2. The number of rotatable bonds is 15. The summed E-state index contributed by atoms with van der Waals surface area (Å²) in [4.78, 5) is 2.11. The van der Waals surface area contributed by atoms with Gasteiger partial charge < -0.3 is 10.0 Å². The lowest BCUT2D eigenvalue weighted by atomic mass is 9.89. The van der Waals surface area contributed by atoms with E-state index in [9.17, 15) is 26.7 Å². The molecule has 0 saturated carbocycles. The summed E-state index contributed by atoms with van der Waals surface area (Å²) >= 11 is 0. The highest BCUT2D eigenvalue weighted by molar-refractivity contribution is 7.91. The summed E-state index contributed by atoms with van der Waals surface area (Å²) in [6.45, 7) is 1.49. The molecule has 0 unspecified atom stereocenters. The van der Waals surface area contributed by atoms with Crippen molar-refractivity contribution in [2.24, 2.45) is 0 Å². The molecule has 1 aliphatic rings. The van der Waals surface area contributed by atoms with Gasteiger partial charge in [0, 0.05) is 6.42 Å². The summed E-state index contributed by atoms with van der Waals surface area (Å²) in [7, 11) is -1.48. The molecule has 4 nitrogen and oxygen atoms in total. The number of phenols is 1. The molecule has 0 spiro atoms. The zero-order chi connectivity index (χ0) is 28.3. The molecule has 8 heteroatoms. The van der Waals surface area contributed by atoms with Gasteiger partial charge in [0.25, 0.3) is 0 Å². The molecule has 0 heterocycles. The second-order valence-electron chi connectivity index (χ2n) is 10.7. The third kappa shape index (κ3) is 11.0. The second-order valence-corrected chi connectivity index (χ2v) is 13.0. The van der Waals surface area contributed by atoms with E-state index in [1.807, 2.05) is 19.2 Å². The smallest absolute Gasteiger partial charge is 0.389 e. The lowest BCUT2D eigenvalue weighted by Gasteiger charge is -2.17. The first kappa shape index (κ1) is 31.2. The molecule has 0 bridgehead atoms. The van der Waals surface area contributed by atoms with Crippen LogP contribution in [-0.2, 0) is 16.3 Å². The van der Waals surface area contributed by atoms with Crippen LogP contribution in [0.3, 0.4) is 0 Å². The van der Waals surface area contributed by atoms with Crippen LogP contribution in [0, 0.1) is 0 Å². The first-order valence-corrected chi connectivity index (χ1v) is 15.9. The van der Waals surface area contributed by atoms with E-state index in [-0.39, 0.29) is 12.2 Å². The van der Waals surface area contributed by atoms with Gasteiger partial charge in [0.1, 0.15) is 15.6 Å². The Labute approximate surface area is 231 Å². The number of sulfone groups is 1. The van der Waals surface area contributed by atoms with Gasteiger partial charge in [-0.2, -0.15) is 13.2 Å². The Morgan fingerprint density at radius 1 is 0.872 bits per heavy atom. The fourth-order valence-corrected chi connectivity index (χ4v) is 6.75. The quantitative estimate of drug-likeness (QED) is 0.225. The van der Waals surface area contributed by atoms with Crippen LogP contribution >= 0.6 is 0 Å². The number of aryl methyl sites for hydroxylation is 1. The van der Waals surface area contributed by atoms with E-state index < -0.39 is 28.2 Å². The van der Waals surface area contributed by atoms with Crippen molar-refractivity contribution in [2.45, 2.75) is 76.8 Å². The molecule has 2 aromatic carbocycles. The average molecular weight is 566 g/mol. The minimum absolute atomic E-state index is 0.0622. The lowest BCUT2D eigenvalue weighted by molar-refractivity contribution is -0.134. The summed E-state index contributed by atoms with van der Waals surface area (Å²) in [5.41, 5.74) is 6.56.